The van der Waals surface area contributed by atoms with Crippen molar-refractivity contribution < 1.29 is 9.15 Å². The largest absolute Gasteiger partial charge is 0.424 e. The maximum Gasteiger partial charge on any atom is 0.295 e. The van der Waals surface area contributed by atoms with Crippen LogP contribution in [0, 0.1) is 0 Å². The summed E-state index contributed by atoms with van der Waals surface area (Å²) in [5.41, 5.74) is 1.71. The highest BCUT2D eigenvalue weighted by Gasteiger charge is 2.15. The molecule has 1 aliphatic heterocycles. The number of rotatable bonds is 2. The van der Waals surface area contributed by atoms with E-state index < -0.39 is 0 Å². The van der Waals surface area contributed by atoms with Crippen molar-refractivity contribution in [2.24, 2.45) is 0 Å². The zero-order valence-electron chi connectivity index (χ0n) is 8.98. The maximum atomic E-state index is 5.59. The van der Waals surface area contributed by atoms with Crippen LogP contribution in [0.1, 0.15) is 12.8 Å². The van der Waals surface area contributed by atoms with Crippen LogP contribution >= 0.6 is 0 Å². The molecule has 1 N–H and O–H groups in total. The van der Waals surface area contributed by atoms with E-state index >= 15 is 0 Å². The van der Waals surface area contributed by atoms with Crippen molar-refractivity contribution in [1.29, 1.82) is 0 Å². The summed E-state index contributed by atoms with van der Waals surface area (Å²) in [4.78, 5) is 4.37. The number of hydrogen-bond acceptors (Lipinski definition) is 4. The first-order chi connectivity index (χ1) is 7.92. The molecule has 3 rings (SSSR count). The second-order valence-electron chi connectivity index (χ2n) is 4.05. The predicted molar refractivity (Wildman–Crippen MR) is 61.5 cm³/mol. The van der Waals surface area contributed by atoms with Gasteiger partial charge in [0.05, 0.1) is 12.6 Å². The summed E-state index contributed by atoms with van der Waals surface area (Å²) >= 11 is 0. The number of benzene rings is 1. The number of hydrogen-bond donors (Lipinski definition) is 1. The first-order valence-electron chi connectivity index (χ1n) is 5.62. The normalized spacial score (nSPS) is 21.1. The molecule has 1 aliphatic rings. The van der Waals surface area contributed by atoms with E-state index in [0.717, 1.165) is 37.2 Å². The summed E-state index contributed by atoms with van der Waals surface area (Å²) in [5.74, 6) is 0. The first-order valence-corrected chi connectivity index (χ1v) is 5.62. The summed E-state index contributed by atoms with van der Waals surface area (Å²) < 4.78 is 11.0. The van der Waals surface area contributed by atoms with Crippen LogP contribution in [0.4, 0.5) is 6.01 Å². The number of aromatic nitrogens is 1. The summed E-state index contributed by atoms with van der Waals surface area (Å²) in [6, 6.07) is 8.68. The van der Waals surface area contributed by atoms with E-state index in [1.54, 1.807) is 0 Å². The molecule has 4 heteroatoms. The van der Waals surface area contributed by atoms with Gasteiger partial charge < -0.3 is 14.5 Å². The van der Waals surface area contributed by atoms with Crippen LogP contribution in [0.25, 0.3) is 11.1 Å². The van der Waals surface area contributed by atoms with Crippen LogP contribution in [0.5, 0.6) is 0 Å². The molecule has 1 saturated heterocycles. The van der Waals surface area contributed by atoms with Gasteiger partial charge in [0.25, 0.3) is 6.01 Å². The lowest BCUT2D eigenvalue weighted by Crippen LogP contribution is -2.30. The van der Waals surface area contributed by atoms with Crippen molar-refractivity contribution in [3.63, 3.8) is 0 Å². The van der Waals surface area contributed by atoms with Crippen molar-refractivity contribution >= 4 is 17.1 Å². The first kappa shape index (κ1) is 9.66. The number of para-hydroxylation sites is 2. The van der Waals surface area contributed by atoms with Gasteiger partial charge in [-0.25, -0.2) is 0 Å². The maximum absolute atomic E-state index is 5.59. The molecule has 0 bridgehead atoms. The number of nitrogens with one attached hydrogen (secondary N) is 1. The lowest BCUT2D eigenvalue weighted by molar-refractivity contribution is 0.0869. The Bertz CT molecular complexity index is 442. The summed E-state index contributed by atoms with van der Waals surface area (Å²) in [6.45, 7) is 1.60. The lowest BCUT2D eigenvalue weighted by atomic mass is 10.1. The van der Waals surface area contributed by atoms with Gasteiger partial charge in [0.1, 0.15) is 5.52 Å². The minimum Gasteiger partial charge on any atom is -0.424 e. The Morgan fingerprint density at radius 3 is 3.06 bits per heavy atom. The quantitative estimate of drug-likeness (QED) is 0.840. The molecule has 1 unspecified atom stereocenters. The molecule has 1 aromatic carbocycles. The van der Waals surface area contributed by atoms with Crippen LogP contribution in [-0.4, -0.2) is 24.2 Å². The SMILES string of the molecule is c1ccc2oc(NC3CCCOC3)nc2c1. The van der Waals surface area contributed by atoms with E-state index in [9.17, 15) is 0 Å². The molecule has 84 valence electrons. The fourth-order valence-corrected chi connectivity index (χ4v) is 1.96. The highest BCUT2D eigenvalue weighted by Crippen LogP contribution is 2.20. The van der Waals surface area contributed by atoms with Gasteiger partial charge in [-0.2, -0.15) is 4.98 Å². The molecule has 0 spiro atoms. The number of nitrogens with zero attached hydrogens (tertiary/aromatic N) is 1. The van der Waals surface area contributed by atoms with E-state index in [2.05, 4.69) is 10.3 Å². The highest BCUT2D eigenvalue weighted by atomic mass is 16.5. The number of anilines is 1. The van der Waals surface area contributed by atoms with Crippen molar-refractivity contribution in [2.45, 2.75) is 18.9 Å². The van der Waals surface area contributed by atoms with E-state index in [1.165, 1.54) is 0 Å². The smallest absolute Gasteiger partial charge is 0.295 e. The molecular weight excluding hydrogens is 204 g/mol. The predicted octanol–water partition coefficient (Wildman–Crippen LogP) is 2.42. The summed E-state index contributed by atoms with van der Waals surface area (Å²) in [5, 5.41) is 3.27. The molecule has 1 fully saturated rings. The average molecular weight is 218 g/mol. The zero-order chi connectivity index (χ0) is 10.8. The third-order valence-corrected chi connectivity index (χ3v) is 2.78. The monoisotopic (exact) mass is 218 g/mol. The van der Waals surface area contributed by atoms with Gasteiger partial charge in [-0.15, -0.1) is 0 Å². The standard InChI is InChI=1S/C12H14N2O2/c1-2-6-11-10(5-1)14-12(16-11)13-9-4-3-7-15-8-9/h1-2,5-6,9H,3-4,7-8H2,(H,13,14). The molecule has 0 amide bonds. The van der Waals surface area contributed by atoms with Crippen LogP contribution in [0.3, 0.4) is 0 Å². The lowest BCUT2D eigenvalue weighted by Gasteiger charge is -2.21. The van der Waals surface area contributed by atoms with E-state index in [0.29, 0.717) is 12.1 Å². The Labute approximate surface area is 93.6 Å². The fraction of sp³-hybridized carbons (Fsp3) is 0.417. The van der Waals surface area contributed by atoms with Gasteiger partial charge in [-0.3, -0.25) is 0 Å². The topological polar surface area (TPSA) is 47.3 Å². The summed E-state index contributed by atoms with van der Waals surface area (Å²) in [6.07, 6.45) is 2.20. The van der Waals surface area contributed by atoms with Crippen LogP contribution < -0.4 is 5.32 Å². The van der Waals surface area contributed by atoms with Crippen LogP contribution in [0.15, 0.2) is 28.7 Å². The molecule has 0 saturated carbocycles. The van der Waals surface area contributed by atoms with Gasteiger partial charge in [-0.05, 0) is 25.0 Å². The average Bonchev–Trinajstić information content (AvgIpc) is 2.72. The third kappa shape index (κ3) is 1.88. The molecule has 2 aromatic rings. The number of oxazole rings is 1. The molecule has 1 atom stereocenters. The van der Waals surface area contributed by atoms with Crippen molar-refractivity contribution in [3.05, 3.63) is 24.3 Å². The number of ether oxygens (including phenoxy) is 1. The Morgan fingerprint density at radius 1 is 1.31 bits per heavy atom. The number of fused-ring (bicyclic) bond motifs is 1. The fourth-order valence-electron chi connectivity index (χ4n) is 1.96. The van der Waals surface area contributed by atoms with Gasteiger partial charge in [0.2, 0.25) is 0 Å². The second-order valence-corrected chi connectivity index (χ2v) is 4.05. The molecule has 0 aliphatic carbocycles. The molecule has 4 nitrogen and oxygen atoms in total. The van der Waals surface area contributed by atoms with Crippen LogP contribution in [-0.2, 0) is 4.74 Å². The van der Waals surface area contributed by atoms with Gasteiger partial charge >= 0.3 is 0 Å². The minimum absolute atomic E-state index is 0.321. The van der Waals surface area contributed by atoms with Gasteiger partial charge in [0.15, 0.2) is 5.58 Å². The van der Waals surface area contributed by atoms with Gasteiger partial charge in [0, 0.05) is 6.61 Å². The van der Waals surface area contributed by atoms with Crippen molar-refractivity contribution in [1.82, 2.24) is 4.98 Å². The minimum atomic E-state index is 0.321. The molecule has 0 radical (unpaired) electrons. The highest BCUT2D eigenvalue weighted by molar-refractivity contribution is 5.74. The van der Waals surface area contributed by atoms with E-state index in [1.807, 2.05) is 24.3 Å². The Balaban J connectivity index is 1.78. The molecule has 16 heavy (non-hydrogen) atoms. The van der Waals surface area contributed by atoms with Crippen molar-refractivity contribution in [2.75, 3.05) is 18.5 Å². The molecular formula is C12H14N2O2. The molecule has 2 heterocycles. The molecule has 1 aromatic heterocycles. The Morgan fingerprint density at radius 2 is 2.25 bits per heavy atom. The van der Waals surface area contributed by atoms with E-state index in [4.69, 9.17) is 9.15 Å². The Hall–Kier alpha value is -1.55. The summed E-state index contributed by atoms with van der Waals surface area (Å²) in [7, 11) is 0. The van der Waals surface area contributed by atoms with Crippen LogP contribution in [0.2, 0.25) is 0 Å². The third-order valence-electron chi connectivity index (χ3n) is 2.78. The second kappa shape index (κ2) is 4.14. The Kier molecular flexibility index (Phi) is 2.50. The van der Waals surface area contributed by atoms with E-state index in [-0.39, 0.29) is 0 Å². The zero-order valence-corrected chi connectivity index (χ0v) is 8.98. The van der Waals surface area contributed by atoms with Crippen molar-refractivity contribution in [3.8, 4) is 0 Å². The van der Waals surface area contributed by atoms with Gasteiger partial charge in [-0.1, -0.05) is 12.1 Å².